The van der Waals surface area contributed by atoms with Crippen LogP contribution in [0.25, 0.3) is 0 Å². The fourth-order valence-corrected chi connectivity index (χ4v) is 5.59. The number of hydrogen-bond acceptors (Lipinski definition) is 1. The van der Waals surface area contributed by atoms with Crippen molar-refractivity contribution in [2.24, 2.45) is 17.8 Å². The summed E-state index contributed by atoms with van der Waals surface area (Å²) in [6.07, 6.45) is 8.00. The minimum atomic E-state index is 0.159. The minimum absolute atomic E-state index is 0.159. The van der Waals surface area contributed by atoms with E-state index in [0.717, 1.165) is 24.3 Å². The van der Waals surface area contributed by atoms with Crippen LogP contribution in [-0.4, -0.2) is 18.0 Å². The Bertz CT molecular complexity index is 504. The van der Waals surface area contributed by atoms with Crippen LogP contribution in [-0.2, 0) is 11.3 Å². The molecule has 5 rings (SSSR count). The molecule has 3 nitrogen and oxygen atoms in total. The molecule has 4 bridgehead atoms. The van der Waals surface area contributed by atoms with Gasteiger partial charge in [-0.1, -0.05) is 30.3 Å². The number of rotatable bonds is 5. The first kappa shape index (κ1) is 14.3. The topological polar surface area (TPSA) is 45.7 Å². The Kier molecular flexibility index (Phi) is 3.69. The van der Waals surface area contributed by atoms with Crippen LogP contribution < -0.4 is 10.6 Å². The Morgan fingerprint density at radius 3 is 2.23 bits per heavy atom. The van der Waals surface area contributed by atoms with Gasteiger partial charge in [-0.3, -0.25) is 4.79 Å². The molecule has 0 radical (unpaired) electrons. The molecule has 4 aliphatic carbocycles. The summed E-state index contributed by atoms with van der Waals surface area (Å²) in [7, 11) is 0. The van der Waals surface area contributed by atoms with E-state index >= 15 is 0 Å². The number of carbonyl (C=O) groups excluding carboxylic acids is 1. The summed E-state index contributed by atoms with van der Waals surface area (Å²) in [5.74, 6) is 2.90. The largest absolute Gasteiger partial charge is 0.346 e. The van der Waals surface area contributed by atoms with E-state index in [1.165, 1.54) is 44.1 Å². The highest BCUT2D eigenvalue weighted by atomic mass is 16.2. The van der Waals surface area contributed by atoms with Gasteiger partial charge in [0.1, 0.15) is 6.54 Å². The third-order valence-electron chi connectivity index (χ3n) is 6.00. The first-order chi connectivity index (χ1) is 10.7. The number of amides is 1. The van der Waals surface area contributed by atoms with Crippen LogP contribution in [0.5, 0.6) is 0 Å². The van der Waals surface area contributed by atoms with Crippen molar-refractivity contribution in [1.29, 1.82) is 0 Å². The van der Waals surface area contributed by atoms with Gasteiger partial charge in [-0.15, -0.1) is 0 Å². The third kappa shape index (κ3) is 2.91. The number of nitrogens with two attached hydrogens (primary N) is 1. The third-order valence-corrected chi connectivity index (χ3v) is 6.00. The molecule has 0 unspecified atom stereocenters. The molecule has 118 valence electrons. The highest BCUT2D eigenvalue weighted by Gasteiger charge is 2.51. The van der Waals surface area contributed by atoms with Crippen molar-refractivity contribution in [3.63, 3.8) is 0 Å². The van der Waals surface area contributed by atoms with Crippen molar-refractivity contribution < 1.29 is 10.1 Å². The van der Waals surface area contributed by atoms with Gasteiger partial charge in [-0.05, 0) is 56.3 Å². The van der Waals surface area contributed by atoms with Gasteiger partial charge in [-0.25, -0.2) is 0 Å². The lowest BCUT2D eigenvalue weighted by Gasteiger charge is -2.56. The van der Waals surface area contributed by atoms with Gasteiger partial charge >= 0.3 is 0 Å². The monoisotopic (exact) mass is 299 g/mol. The summed E-state index contributed by atoms with van der Waals surface area (Å²) < 4.78 is 0. The molecular formula is C19H27N2O+. The predicted octanol–water partition coefficient (Wildman–Crippen LogP) is 1.83. The fourth-order valence-electron chi connectivity index (χ4n) is 5.59. The summed E-state index contributed by atoms with van der Waals surface area (Å²) in [5.41, 5.74) is 1.44. The number of hydrogen-bond donors (Lipinski definition) is 2. The van der Waals surface area contributed by atoms with E-state index in [2.05, 4.69) is 34.9 Å². The number of nitrogens with one attached hydrogen (secondary N) is 1. The average Bonchev–Trinajstić information content (AvgIpc) is 2.46. The molecule has 3 heteroatoms. The number of quaternary nitrogens is 1. The normalized spacial score (nSPS) is 35.5. The quantitative estimate of drug-likeness (QED) is 0.856. The Labute approximate surface area is 132 Å². The lowest BCUT2D eigenvalue weighted by molar-refractivity contribution is -0.660. The second kappa shape index (κ2) is 5.69. The molecule has 3 N–H and O–H groups in total. The maximum absolute atomic E-state index is 12.4. The smallest absolute Gasteiger partial charge is 0.275 e. The molecule has 4 saturated carbocycles. The van der Waals surface area contributed by atoms with Crippen LogP contribution in [0.4, 0.5) is 0 Å². The Hall–Kier alpha value is -1.35. The standard InChI is InChI=1S/C19H26N2O/c22-18(13-20-12-14-4-2-1-3-5-14)21-19-9-15-6-16(10-19)8-17(7-15)11-19/h1-5,15-17,20H,6-13H2,(H,21,22)/p+1. The summed E-state index contributed by atoms with van der Waals surface area (Å²) in [5, 5.41) is 5.56. The van der Waals surface area contributed by atoms with Gasteiger partial charge in [0.2, 0.25) is 0 Å². The molecule has 0 spiro atoms. The van der Waals surface area contributed by atoms with Gasteiger partial charge in [0.15, 0.2) is 6.54 Å². The van der Waals surface area contributed by atoms with E-state index in [4.69, 9.17) is 0 Å². The lowest BCUT2D eigenvalue weighted by Crippen LogP contribution is -2.85. The molecule has 0 aromatic heterocycles. The maximum Gasteiger partial charge on any atom is 0.275 e. The molecule has 22 heavy (non-hydrogen) atoms. The zero-order valence-electron chi connectivity index (χ0n) is 13.3. The summed E-state index contributed by atoms with van der Waals surface area (Å²) >= 11 is 0. The Balaban J connectivity index is 1.29. The molecule has 4 aliphatic rings. The second-order valence-corrected chi connectivity index (χ2v) is 7.93. The summed E-state index contributed by atoms with van der Waals surface area (Å²) in [6, 6.07) is 10.4. The van der Waals surface area contributed by atoms with E-state index in [0.29, 0.717) is 6.54 Å². The van der Waals surface area contributed by atoms with Gasteiger partial charge in [0.05, 0.1) is 0 Å². The van der Waals surface area contributed by atoms with E-state index in [9.17, 15) is 4.79 Å². The van der Waals surface area contributed by atoms with Crippen molar-refractivity contribution in [3.05, 3.63) is 35.9 Å². The molecule has 1 aromatic rings. The van der Waals surface area contributed by atoms with Crippen molar-refractivity contribution in [2.75, 3.05) is 6.54 Å². The average molecular weight is 299 g/mol. The van der Waals surface area contributed by atoms with Crippen molar-refractivity contribution >= 4 is 5.91 Å². The molecule has 0 heterocycles. The molecular weight excluding hydrogens is 272 g/mol. The van der Waals surface area contributed by atoms with Crippen LogP contribution in [0.3, 0.4) is 0 Å². The Morgan fingerprint density at radius 2 is 1.64 bits per heavy atom. The minimum Gasteiger partial charge on any atom is -0.346 e. The van der Waals surface area contributed by atoms with Crippen LogP contribution in [0.15, 0.2) is 30.3 Å². The van der Waals surface area contributed by atoms with Crippen LogP contribution >= 0.6 is 0 Å². The highest BCUT2D eigenvalue weighted by molar-refractivity contribution is 5.77. The Morgan fingerprint density at radius 1 is 1.05 bits per heavy atom. The van der Waals surface area contributed by atoms with Gasteiger partial charge in [0.25, 0.3) is 5.91 Å². The van der Waals surface area contributed by atoms with Crippen molar-refractivity contribution in [2.45, 2.75) is 50.6 Å². The molecule has 1 amide bonds. The van der Waals surface area contributed by atoms with Gasteiger partial charge < -0.3 is 10.6 Å². The first-order valence-corrected chi connectivity index (χ1v) is 8.87. The summed E-state index contributed by atoms with van der Waals surface area (Å²) in [4.78, 5) is 12.4. The second-order valence-electron chi connectivity index (χ2n) is 7.93. The van der Waals surface area contributed by atoms with E-state index in [1.54, 1.807) is 0 Å². The first-order valence-electron chi connectivity index (χ1n) is 8.87. The van der Waals surface area contributed by atoms with E-state index < -0.39 is 0 Å². The maximum atomic E-state index is 12.4. The van der Waals surface area contributed by atoms with Crippen LogP contribution in [0, 0.1) is 17.8 Å². The predicted molar refractivity (Wildman–Crippen MR) is 86.0 cm³/mol. The SMILES string of the molecule is O=C(C[NH2+]Cc1ccccc1)NC12CC3CC(CC(C3)C1)C2. The van der Waals surface area contributed by atoms with E-state index in [-0.39, 0.29) is 11.4 Å². The lowest BCUT2D eigenvalue weighted by atomic mass is 9.53. The van der Waals surface area contributed by atoms with Crippen LogP contribution in [0.2, 0.25) is 0 Å². The zero-order chi connectivity index (χ0) is 15.0. The molecule has 0 atom stereocenters. The number of carbonyl (C=O) groups is 1. The van der Waals surface area contributed by atoms with Crippen molar-refractivity contribution in [3.8, 4) is 0 Å². The van der Waals surface area contributed by atoms with Gasteiger partial charge in [0, 0.05) is 11.1 Å². The fraction of sp³-hybridized carbons (Fsp3) is 0.632. The van der Waals surface area contributed by atoms with E-state index in [1.807, 2.05) is 6.07 Å². The number of benzene rings is 1. The summed E-state index contributed by atoms with van der Waals surface area (Å²) in [6.45, 7) is 1.44. The zero-order valence-corrected chi connectivity index (χ0v) is 13.3. The van der Waals surface area contributed by atoms with Gasteiger partial charge in [-0.2, -0.15) is 0 Å². The molecule has 0 saturated heterocycles. The van der Waals surface area contributed by atoms with Crippen LogP contribution in [0.1, 0.15) is 44.1 Å². The molecule has 4 fully saturated rings. The molecule has 1 aromatic carbocycles. The highest BCUT2D eigenvalue weighted by Crippen LogP contribution is 2.55. The van der Waals surface area contributed by atoms with Crippen molar-refractivity contribution in [1.82, 2.24) is 5.32 Å². The molecule has 0 aliphatic heterocycles.